The first-order valence-electron chi connectivity index (χ1n) is 47.0. The molecule has 0 aliphatic heterocycles. The number of hydrogen-bond acceptors (Lipinski definition) is 15. The molecule has 3 N–H and O–H groups in total. The summed E-state index contributed by atoms with van der Waals surface area (Å²) in [6.45, 7) is 7.32. The number of carbonyl (C=O) groups excluding carboxylic acids is 4. The van der Waals surface area contributed by atoms with E-state index >= 15 is 0 Å². The predicted octanol–water partition coefficient (Wildman–Crippen LogP) is 28.3. The SMILES string of the molecule is CCCCCC/C=C\C=C/CCCCCCCC(=O)O[C@H](COC(=O)CCCCCCCCCCC(C)CC)COP(=O)(O)OC[C@H](O)COP(=O)(O)OC[C@@H](COC(=O)CCCCCCCCCCCCCCCCCCCCCCCC)OC(=O)CCCCCCCCCCCCCCCCCCCCCCCC. The monoisotopic (exact) mass is 1620 g/mol. The van der Waals surface area contributed by atoms with E-state index in [4.69, 9.17) is 37.0 Å². The Hall–Kier alpha value is -2.46. The van der Waals surface area contributed by atoms with Gasteiger partial charge in [0.15, 0.2) is 12.2 Å². The Morgan fingerprint density at radius 1 is 0.288 bits per heavy atom. The zero-order valence-corrected chi connectivity index (χ0v) is 74.4. The molecule has 17 nitrogen and oxygen atoms in total. The molecule has 0 saturated heterocycles. The predicted molar refractivity (Wildman–Crippen MR) is 460 cm³/mol. The number of phosphoric acid groups is 2. The zero-order valence-electron chi connectivity index (χ0n) is 72.6. The summed E-state index contributed by atoms with van der Waals surface area (Å²) in [5, 5.41) is 10.7. The maximum Gasteiger partial charge on any atom is 0.472 e. The first-order valence-corrected chi connectivity index (χ1v) is 50.0. The molecule has 0 rings (SSSR count). The van der Waals surface area contributed by atoms with Crippen molar-refractivity contribution >= 4 is 39.5 Å². The van der Waals surface area contributed by atoms with Crippen molar-refractivity contribution in [3.8, 4) is 0 Å². The van der Waals surface area contributed by atoms with Gasteiger partial charge in [-0.2, -0.15) is 0 Å². The minimum absolute atomic E-state index is 0.0852. The van der Waals surface area contributed by atoms with Crippen molar-refractivity contribution in [1.82, 2.24) is 0 Å². The van der Waals surface area contributed by atoms with E-state index in [1.165, 1.54) is 289 Å². The summed E-state index contributed by atoms with van der Waals surface area (Å²) in [5.74, 6) is -1.35. The first-order chi connectivity index (χ1) is 54.1. The van der Waals surface area contributed by atoms with Crippen molar-refractivity contribution in [3.05, 3.63) is 24.3 Å². The van der Waals surface area contributed by atoms with Crippen LogP contribution >= 0.6 is 15.6 Å². The molecule has 0 saturated carbocycles. The van der Waals surface area contributed by atoms with E-state index in [0.29, 0.717) is 25.7 Å². The van der Waals surface area contributed by atoms with Gasteiger partial charge in [0.25, 0.3) is 0 Å². The normalized spacial score (nSPS) is 14.1. The van der Waals surface area contributed by atoms with Gasteiger partial charge in [-0.1, -0.05) is 425 Å². The average molecular weight is 1620 g/mol. The molecule has 0 aromatic heterocycles. The van der Waals surface area contributed by atoms with Gasteiger partial charge in [0.1, 0.15) is 19.3 Å². The maximum absolute atomic E-state index is 13.2. The minimum Gasteiger partial charge on any atom is -0.462 e. The number of phosphoric ester groups is 2. The summed E-state index contributed by atoms with van der Waals surface area (Å²) in [6, 6.07) is 0. The van der Waals surface area contributed by atoms with E-state index in [1.54, 1.807) is 0 Å². The molecule has 19 heteroatoms. The number of rotatable bonds is 90. The van der Waals surface area contributed by atoms with Crippen LogP contribution in [0.3, 0.4) is 0 Å². The molecule has 0 radical (unpaired) electrons. The number of hydrogen-bond donors (Lipinski definition) is 3. The molecule has 3 unspecified atom stereocenters. The van der Waals surface area contributed by atoms with Gasteiger partial charge in [0.05, 0.1) is 26.4 Å². The van der Waals surface area contributed by atoms with Crippen LogP contribution in [0.4, 0.5) is 0 Å². The third kappa shape index (κ3) is 83.8. The molecule has 111 heavy (non-hydrogen) atoms. The molecule has 0 fully saturated rings. The lowest BCUT2D eigenvalue weighted by Gasteiger charge is -2.21. The molecule has 656 valence electrons. The van der Waals surface area contributed by atoms with Gasteiger partial charge >= 0.3 is 39.5 Å². The molecule has 6 atom stereocenters. The van der Waals surface area contributed by atoms with E-state index in [2.05, 4.69) is 58.9 Å². The smallest absolute Gasteiger partial charge is 0.462 e. The number of carbonyl (C=O) groups is 4. The van der Waals surface area contributed by atoms with Gasteiger partial charge in [-0.15, -0.1) is 0 Å². The summed E-state index contributed by atoms with van der Waals surface area (Å²) < 4.78 is 69.0. The van der Waals surface area contributed by atoms with Gasteiger partial charge in [-0.25, -0.2) is 9.13 Å². The average Bonchev–Trinajstić information content (AvgIpc) is 0.895. The Morgan fingerprint density at radius 3 is 0.766 bits per heavy atom. The van der Waals surface area contributed by atoms with Crippen LogP contribution in [0.25, 0.3) is 0 Å². The highest BCUT2D eigenvalue weighted by Crippen LogP contribution is 2.45. The summed E-state index contributed by atoms with van der Waals surface area (Å²) in [7, 11) is -9.95. The molecule has 0 aromatic carbocycles. The Balaban J connectivity index is 5.25. The van der Waals surface area contributed by atoms with E-state index in [0.717, 1.165) is 109 Å². The van der Waals surface area contributed by atoms with Crippen LogP contribution in [-0.2, 0) is 65.4 Å². The number of allylic oxidation sites excluding steroid dienone is 4. The van der Waals surface area contributed by atoms with E-state index in [-0.39, 0.29) is 25.7 Å². The van der Waals surface area contributed by atoms with E-state index in [9.17, 15) is 43.2 Å². The van der Waals surface area contributed by atoms with Crippen LogP contribution in [0.5, 0.6) is 0 Å². The fraction of sp³-hybridized carbons (Fsp3) is 0.913. The summed E-state index contributed by atoms with van der Waals surface area (Å²) in [6.07, 6.45) is 83.0. The van der Waals surface area contributed by atoms with Crippen LogP contribution < -0.4 is 0 Å². The highest BCUT2D eigenvalue weighted by molar-refractivity contribution is 7.47. The molecule has 0 bridgehead atoms. The molecule has 0 amide bonds. The van der Waals surface area contributed by atoms with Crippen molar-refractivity contribution in [2.75, 3.05) is 39.6 Å². The van der Waals surface area contributed by atoms with Crippen molar-refractivity contribution < 1.29 is 80.2 Å². The lowest BCUT2D eigenvalue weighted by Crippen LogP contribution is -2.30. The fourth-order valence-electron chi connectivity index (χ4n) is 14.0. The highest BCUT2D eigenvalue weighted by atomic mass is 31.2. The lowest BCUT2D eigenvalue weighted by molar-refractivity contribution is -0.161. The van der Waals surface area contributed by atoms with Gasteiger partial charge in [-0.3, -0.25) is 37.3 Å². The molecular formula is C92H176O17P2. The molecule has 0 aliphatic rings. The number of esters is 4. The number of aliphatic hydroxyl groups excluding tert-OH is 1. The summed E-state index contributed by atoms with van der Waals surface area (Å²) in [4.78, 5) is 73.4. The molecule has 0 aromatic rings. The number of ether oxygens (including phenoxy) is 4. The van der Waals surface area contributed by atoms with Crippen LogP contribution in [0, 0.1) is 5.92 Å². The van der Waals surface area contributed by atoms with Crippen LogP contribution in [0.1, 0.15) is 478 Å². The molecular weight excluding hydrogens is 1440 g/mol. The van der Waals surface area contributed by atoms with E-state index < -0.39 is 97.5 Å². The molecule has 0 aliphatic carbocycles. The van der Waals surface area contributed by atoms with Gasteiger partial charge in [-0.05, 0) is 57.3 Å². The van der Waals surface area contributed by atoms with Crippen LogP contribution in [0.2, 0.25) is 0 Å². The Bertz CT molecular complexity index is 2200. The molecule has 0 heterocycles. The van der Waals surface area contributed by atoms with Crippen molar-refractivity contribution in [3.63, 3.8) is 0 Å². The second-order valence-corrected chi connectivity index (χ2v) is 35.5. The second-order valence-electron chi connectivity index (χ2n) is 32.6. The van der Waals surface area contributed by atoms with Crippen LogP contribution in [0.15, 0.2) is 24.3 Å². The fourth-order valence-corrected chi connectivity index (χ4v) is 15.5. The van der Waals surface area contributed by atoms with Crippen LogP contribution in [-0.4, -0.2) is 96.7 Å². The van der Waals surface area contributed by atoms with Gasteiger partial charge in [0, 0.05) is 25.7 Å². The second kappa shape index (κ2) is 84.0. The Labute approximate surface area is 682 Å². The van der Waals surface area contributed by atoms with Gasteiger partial charge in [0.2, 0.25) is 0 Å². The van der Waals surface area contributed by atoms with Crippen molar-refractivity contribution in [2.24, 2.45) is 5.92 Å². The number of unbranched alkanes of at least 4 members (excludes halogenated alkanes) is 58. The third-order valence-corrected chi connectivity index (χ3v) is 23.4. The highest BCUT2D eigenvalue weighted by Gasteiger charge is 2.31. The topological polar surface area (TPSA) is 237 Å². The Kier molecular flexibility index (Phi) is 82.1. The standard InChI is InChI=1S/C92H176O17P2/c1-6-10-13-16-19-22-25-28-31-33-35-37-39-41-43-46-48-51-54-60-65-70-75-89(94)102-81-87(108-91(96)78-73-68-63-56-53-50-47-44-42-40-38-36-34-32-29-26-23-20-17-14-11-7-2)83-106-110(98,99)104-79-86(93)80-105-111(100,101)107-84-88(82-103-90(95)76-71-66-61-58-57-59-64-69-74-85(5)9-4)109-92(97)77-72-67-62-55-52-49-45-30-27-24-21-18-15-12-8-3/h24,27,30,45,85-88,93H,6-23,25-26,28-29,31-44,46-84H2,1-5H3,(H,98,99)(H,100,101)/b27-24-,45-30-/t85?,86-,87-,88-/m1/s1. The quantitative estimate of drug-likeness (QED) is 0.0169. The lowest BCUT2D eigenvalue weighted by atomic mass is 9.99. The van der Waals surface area contributed by atoms with Crippen molar-refractivity contribution in [2.45, 2.75) is 496 Å². The first kappa shape index (κ1) is 109. The molecule has 0 spiro atoms. The largest absolute Gasteiger partial charge is 0.472 e. The Morgan fingerprint density at radius 2 is 0.505 bits per heavy atom. The van der Waals surface area contributed by atoms with Crippen molar-refractivity contribution in [1.29, 1.82) is 0 Å². The zero-order chi connectivity index (χ0) is 81.1. The van der Waals surface area contributed by atoms with Gasteiger partial charge < -0.3 is 33.8 Å². The third-order valence-electron chi connectivity index (χ3n) is 21.5. The maximum atomic E-state index is 13.2. The minimum atomic E-state index is -4.97. The number of aliphatic hydroxyl groups is 1. The summed E-state index contributed by atoms with van der Waals surface area (Å²) >= 11 is 0. The van der Waals surface area contributed by atoms with E-state index in [1.807, 2.05) is 0 Å². The summed E-state index contributed by atoms with van der Waals surface area (Å²) in [5.41, 5.74) is 0.